The number of aliphatic hydroxyl groups excluding tert-OH is 1. The third-order valence-electron chi connectivity index (χ3n) is 4.10. The number of non-ortho nitro benzene ring substituents is 1. The second kappa shape index (κ2) is 7.31. The van der Waals surface area contributed by atoms with Crippen LogP contribution in [0.3, 0.4) is 0 Å². The van der Waals surface area contributed by atoms with Gasteiger partial charge in [0.05, 0.1) is 22.6 Å². The number of hydrogen-bond acceptors (Lipinski definition) is 6. The normalized spacial score (nSPS) is 20.4. The third kappa shape index (κ3) is 3.76. The number of β-amino-alcohol motifs (C(OH)–C–C–N with tert-alkyl or cyclic N) is 1. The molecule has 1 saturated heterocycles. The van der Waals surface area contributed by atoms with Gasteiger partial charge in [0.15, 0.2) is 0 Å². The predicted octanol–water partition coefficient (Wildman–Crippen LogP) is 2.18. The van der Waals surface area contributed by atoms with Crippen LogP contribution in [0.25, 0.3) is 11.3 Å². The van der Waals surface area contributed by atoms with E-state index in [9.17, 15) is 15.2 Å². The summed E-state index contributed by atoms with van der Waals surface area (Å²) in [7, 11) is 0. The largest absolute Gasteiger partial charge is 0.460 e. The van der Waals surface area contributed by atoms with Crippen LogP contribution in [0, 0.1) is 16.0 Å². The van der Waals surface area contributed by atoms with E-state index in [2.05, 4.69) is 10.6 Å². The highest BCUT2D eigenvalue weighted by Crippen LogP contribution is 2.32. The summed E-state index contributed by atoms with van der Waals surface area (Å²) in [5.41, 5.74) is 0.560. The first-order chi connectivity index (χ1) is 11.5. The average molecular weight is 352 g/mol. The number of rotatable bonds is 6. The highest BCUT2D eigenvalue weighted by Gasteiger charge is 2.24. The standard InChI is InChI=1S/C16H18ClN3O4/c17-14-5-11(20(22)23)1-3-13(14)16-4-2-12(24-16)8-18-6-10-7-19-9-15(10)21/h1-5,10,15,18-19,21H,6-9H2. The molecule has 0 bridgehead atoms. The lowest BCUT2D eigenvalue weighted by Crippen LogP contribution is -2.30. The molecule has 7 nitrogen and oxygen atoms in total. The molecular weight excluding hydrogens is 334 g/mol. The topological polar surface area (TPSA) is 101 Å². The number of nitro benzene ring substituents is 1. The Labute approximate surface area is 143 Å². The molecule has 128 valence electrons. The molecule has 0 saturated carbocycles. The van der Waals surface area contributed by atoms with Crippen molar-refractivity contribution < 1.29 is 14.4 Å². The molecule has 2 atom stereocenters. The van der Waals surface area contributed by atoms with Crippen LogP contribution in [0.15, 0.2) is 34.7 Å². The number of benzene rings is 1. The Morgan fingerprint density at radius 1 is 1.38 bits per heavy atom. The van der Waals surface area contributed by atoms with Gasteiger partial charge < -0.3 is 20.2 Å². The minimum atomic E-state index is -0.487. The molecule has 2 heterocycles. The van der Waals surface area contributed by atoms with Gasteiger partial charge in [-0.15, -0.1) is 0 Å². The lowest BCUT2D eigenvalue weighted by molar-refractivity contribution is -0.384. The second-order valence-corrected chi connectivity index (χ2v) is 6.21. The summed E-state index contributed by atoms with van der Waals surface area (Å²) >= 11 is 6.11. The van der Waals surface area contributed by atoms with Gasteiger partial charge in [-0.05, 0) is 18.2 Å². The molecular formula is C16H18ClN3O4. The fourth-order valence-electron chi connectivity index (χ4n) is 2.74. The van der Waals surface area contributed by atoms with E-state index in [1.165, 1.54) is 12.1 Å². The maximum absolute atomic E-state index is 10.7. The van der Waals surface area contributed by atoms with Gasteiger partial charge in [0, 0.05) is 43.2 Å². The molecule has 1 aromatic heterocycles. The zero-order valence-corrected chi connectivity index (χ0v) is 13.6. The maximum atomic E-state index is 10.7. The number of nitrogens with zero attached hydrogens (tertiary/aromatic N) is 1. The summed E-state index contributed by atoms with van der Waals surface area (Å²) in [6.07, 6.45) is -0.316. The van der Waals surface area contributed by atoms with Crippen molar-refractivity contribution in [3.63, 3.8) is 0 Å². The Bertz CT molecular complexity index is 734. The van der Waals surface area contributed by atoms with Gasteiger partial charge in [0.2, 0.25) is 0 Å². The zero-order valence-electron chi connectivity index (χ0n) is 12.9. The quantitative estimate of drug-likeness (QED) is 0.544. The average Bonchev–Trinajstić information content (AvgIpc) is 3.17. The van der Waals surface area contributed by atoms with Gasteiger partial charge in [-0.2, -0.15) is 0 Å². The third-order valence-corrected chi connectivity index (χ3v) is 4.41. The van der Waals surface area contributed by atoms with Crippen molar-refractivity contribution in [1.82, 2.24) is 10.6 Å². The molecule has 2 aromatic rings. The first-order valence-corrected chi connectivity index (χ1v) is 8.05. The van der Waals surface area contributed by atoms with E-state index in [0.717, 1.165) is 12.3 Å². The molecule has 3 rings (SSSR count). The van der Waals surface area contributed by atoms with Gasteiger partial charge in [-0.3, -0.25) is 10.1 Å². The molecule has 1 aromatic carbocycles. The van der Waals surface area contributed by atoms with Gasteiger partial charge >= 0.3 is 0 Å². The number of nitrogens with one attached hydrogen (secondary N) is 2. The van der Waals surface area contributed by atoms with Crippen molar-refractivity contribution in [3.8, 4) is 11.3 Å². The van der Waals surface area contributed by atoms with E-state index >= 15 is 0 Å². The van der Waals surface area contributed by atoms with Crippen molar-refractivity contribution in [2.75, 3.05) is 19.6 Å². The monoisotopic (exact) mass is 351 g/mol. The lowest BCUT2D eigenvalue weighted by Gasteiger charge is -2.13. The summed E-state index contributed by atoms with van der Waals surface area (Å²) in [5.74, 6) is 1.50. The summed E-state index contributed by atoms with van der Waals surface area (Å²) in [6.45, 7) is 2.67. The van der Waals surface area contributed by atoms with E-state index in [-0.39, 0.29) is 22.7 Å². The van der Waals surface area contributed by atoms with Crippen LogP contribution in [0.1, 0.15) is 5.76 Å². The lowest BCUT2D eigenvalue weighted by atomic mass is 10.1. The zero-order chi connectivity index (χ0) is 17.1. The molecule has 2 unspecified atom stereocenters. The minimum absolute atomic E-state index is 0.0547. The van der Waals surface area contributed by atoms with Crippen LogP contribution in [0.2, 0.25) is 5.02 Å². The van der Waals surface area contributed by atoms with Crippen molar-refractivity contribution >= 4 is 17.3 Å². The van der Waals surface area contributed by atoms with Crippen LogP contribution in [0.5, 0.6) is 0 Å². The SMILES string of the molecule is O=[N+]([O-])c1ccc(-c2ccc(CNCC3CNCC3O)o2)c(Cl)c1. The summed E-state index contributed by atoms with van der Waals surface area (Å²) in [5, 5.41) is 27.2. The van der Waals surface area contributed by atoms with Crippen molar-refractivity contribution in [3.05, 3.63) is 51.2 Å². The smallest absolute Gasteiger partial charge is 0.270 e. The number of aliphatic hydroxyl groups is 1. The van der Waals surface area contributed by atoms with E-state index in [1.54, 1.807) is 12.1 Å². The van der Waals surface area contributed by atoms with E-state index in [1.807, 2.05) is 6.07 Å². The Kier molecular flexibility index (Phi) is 5.15. The number of hydrogen-bond donors (Lipinski definition) is 3. The molecule has 3 N–H and O–H groups in total. The van der Waals surface area contributed by atoms with Crippen LogP contribution < -0.4 is 10.6 Å². The number of nitro groups is 1. The molecule has 0 radical (unpaired) electrons. The van der Waals surface area contributed by atoms with Crippen LogP contribution in [-0.2, 0) is 6.54 Å². The second-order valence-electron chi connectivity index (χ2n) is 5.80. The van der Waals surface area contributed by atoms with Crippen LogP contribution >= 0.6 is 11.6 Å². The number of halogens is 1. The molecule has 0 aliphatic carbocycles. The molecule has 24 heavy (non-hydrogen) atoms. The summed E-state index contributed by atoms with van der Waals surface area (Å²) < 4.78 is 5.75. The molecule has 1 aliphatic rings. The first-order valence-electron chi connectivity index (χ1n) is 7.67. The summed E-state index contributed by atoms with van der Waals surface area (Å²) in [4.78, 5) is 10.3. The van der Waals surface area contributed by atoms with Crippen molar-refractivity contribution in [2.45, 2.75) is 12.6 Å². The van der Waals surface area contributed by atoms with Crippen LogP contribution in [-0.4, -0.2) is 35.8 Å². The first kappa shape index (κ1) is 16.9. The molecule has 1 fully saturated rings. The fourth-order valence-corrected chi connectivity index (χ4v) is 3.01. The molecule has 8 heteroatoms. The van der Waals surface area contributed by atoms with Crippen molar-refractivity contribution in [2.24, 2.45) is 5.92 Å². The summed E-state index contributed by atoms with van der Waals surface area (Å²) in [6, 6.07) is 7.92. The van der Waals surface area contributed by atoms with Gasteiger partial charge in [0.1, 0.15) is 11.5 Å². The molecule has 1 aliphatic heterocycles. The van der Waals surface area contributed by atoms with E-state index in [0.29, 0.717) is 31.0 Å². The Hall–Kier alpha value is -1.93. The highest BCUT2D eigenvalue weighted by molar-refractivity contribution is 6.33. The Morgan fingerprint density at radius 2 is 2.21 bits per heavy atom. The Balaban J connectivity index is 1.62. The van der Waals surface area contributed by atoms with Crippen molar-refractivity contribution in [1.29, 1.82) is 0 Å². The molecule has 0 spiro atoms. The minimum Gasteiger partial charge on any atom is -0.460 e. The predicted molar refractivity (Wildman–Crippen MR) is 89.9 cm³/mol. The van der Waals surface area contributed by atoms with Gasteiger partial charge in [-0.25, -0.2) is 0 Å². The van der Waals surface area contributed by atoms with E-state index in [4.69, 9.17) is 16.0 Å². The Morgan fingerprint density at radius 3 is 2.88 bits per heavy atom. The van der Waals surface area contributed by atoms with E-state index < -0.39 is 4.92 Å². The maximum Gasteiger partial charge on any atom is 0.270 e. The van der Waals surface area contributed by atoms with Gasteiger partial charge in [-0.1, -0.05) is 11.6 Å². The molecule has 0 amide bonds. The number of furan rings is 1. The van der Waals surface area contributed by atoms with Crippen LogP contribution in [0.4, 0.5) is 5.69 Å². The van der Waals surface area contributed by atoms with Gasteiger partial charge in [0.25, 0.3) is 5.69 Å². The highest BCUT2D eigenvalue weighted by atomic mass is 35.5. The fraction of sp³-hybridized carbons (Fsp3) is 0.375.